The van der Waals surface area contributed by atoms with E-state index in [9.17, 15) is 9.59 Å². The Labute approximate surface area is 130 Å². The van der Waals surface area contributed by atoms with Gasteiger partial charge in [0, 0.05) is 4.47 Å². The zero-order valence-electron chi connectivity index (χ0n) is 11.2. The Morgan fingerprint density at radius 2 is 1.62 bits per heavy atom. The molecule has 2 aromatic carbocycles. The molecule has 0 aliphatic carbocycles. The lowest BCUT2D eigenvalue weighted by Crippen LogP contribution is -2.21. The number of amides is 2. The van der Waals surface area contributed by atoms with Crippen molar-refractivity contribution < 1.29 is 14.7 Å². The second-order valence-corrected chi connectivity index (χ2v) is 5.16. The number of hydrogen-bond acceptors (Lipinski definition) is 2. The third-order valence-corrected chi connectivity index (χ3v) is 3.90. The number of carbonyl (C=O) groups is 2. The van der Waals surface area contributed by atoms with Crippen LogP contribution in [0.3, 0.4) is 0 Å². The Kier molecular flexibility index (Phi) is 4.59. The lowest BCUT2D eigenvalue weighted by atomic mass is 10.2. The van der Waals surface area contributed by atoms with Crippen molar-refractivity contribution in [3.8, 4) is 0 Å². The summed E-state index contributed by atoms with van der Waals surface area (Å²) < 4.78 is 0.784. The molecule has 0 saturated carbocycles. The van der Waals surface area contributed by atoms with E-state index in [1.165, 1.54) is 12.1 Å². The van der Waals surface area contributed by atoms with Crippen LogP contribution in [-0.4, -0.2) is 17.1 Å². The first-order valence-corrected chi connectivity index (χ1v) is 6.94. The van der Waals surface area contributed by atoms with Gasteiger partial charge in [0.25, 0.3) is 0 Å². The maximum atomic E-state index is 12.0. The van der Waals surface area contributed by atoms with Crippen molar-refractivity contribution in [2.45, 2.75) is 6.92 Å². The minimum Gasteiger partial charge on any atom is -0.478 e. The number of hydrogen-bond donors (Lipinski definition) is 3. The summed E-state index contributed by atoms with van der Waals surface area (Å²) in [4.78, 5) is 23.1. The quantitative estimate of drug-likeness (QED) is 0.781. The predicted octanol–water partition coefficient (Wildman–Crippen LogP) is 4.10. The average Bonchev–Trinajstić information content (AvgIpc) is 2.44. The van der Waals surface area contributed by atoms with Crippen molar-refractivity contribution >= 4 is 39.3 Å². The van der Waals surface area contributed by atoms with Crippen LogP contribution in [0.2, 0.25) is 0 Å². The Morgan fingerprint density at radius 3 is 2.33 bits per heavy atom. The lowest BCUT2D eigenvalue weighted by molar-refractivity contribution is 0.0698. The molecular weight excluding hydrogens is 336 g/mol. The van der Waals surface area contributed by atoms with Gasteiger partial charge in [0.2, 0.25) is 0 Å². The van der Waals surface area contributed by atoms with Gasteiger partial charge in [0.15, 0.2) is 0 Å². The summed E-state index contributed by atoms with van der Waals surface area (Å²) >= 11 is 3.40. The Hall–Kier alpha value is -2.34. The second-order valence-electron chi connectivity index (χ2n) is 4.37. The fourth-order valence-electron chi connectivity index (χ4n) is 1.80. The monoisotopic (exact) mass is 348 g/mol. The van der Waals surface area contributed by atoms with E-state index in [1.54, 1.807) is 18.2 Å². The van der Waals surface area contributed by atoms with E-state index in [-0.39, 0.29) is 11.3 Å². The number of halogens is 1. The molecule has 0 bridgehead atoms. The number of urea groups is 1. The van der Waals surface area contributed by atoms with Crippen LogP contribution in [0, 0.1) is 6.92 Å². The summed E-state index contributed by atoms with van der Waals surface area (Å²) in [6, 6.07) is 11.2. The van der Waals surface area contributed by atoms with E-state index in [1.807, 2.05) is 19.1 Å². The summed E-state index contributed by atoms with van der Waals surface area (Å²) in [5.74, 6) is -1.09. The van der Waals surface area contributed by atoms with Gasteiger partial charge in [0.1, 0.15) is 0 Å². The predicted molar refractivity (Wildman–Crippen MR) is 84.9 cm³/mol. The van der Waals surface area contributed by atoms with E-state index < -0.39 is 12.0 Å². The highest BCUT2D eigenvalue weighted by atomic mass is 79.9. The summed E-state index contributed by atoms with van der Waals surface area (Å²) in [5, 5.41) is 14.3. The third kappa shape index (κ3) is 3.61. The summed E-state index contributed by atoms with van der Waals surface area (Å²) in [7, 11) is 0. The smallest absolute Gasteiger partial charge is 0.337 e. The standard InChI is InChI=1S/C15H13BrN2O3/c1-9-5-4-8-12(13(9)16)18-15(21)17-11-7-3-2-6-10(11)14(19)20/h2-8H,1H3,(H,19,20)(H2,17,18,21). The highest BCUT2D eigenvalue weighted by Gasteiger charge is 2.12. The van der Waals surface area contributed by atoms with Gasteiger partial charge >= 0.3 is 12.0 Å². The van der Waals surface area contributed by atoms with Crippen molar-refractivity contribution in [2.24, 2.45) is 0 Å². The molecule has 0 aliphatic rings. The molecule has 5 nitrogen and oxygen atoms in total. The number of para-hydroxylation sites is 1. The van der Waals surface area contributed by atoms with Gasteiger partial charge in [-0.3, -0.25) is 0 Å². The van der Waals surface area contributed by atoms with Gasteiger partial charge in [-0.05, 0) is 46.6 Å². The van der Waals surface area contributed by atoms with E-state index in [2.05, 4.69) is 26.6 Å². The topological polar surface area (TPSA) is 78.4 Å². The molecule has 2 amide bonds. The molecule has 3 N–H and O–H groups in total. The molecule has 0 unspecified atom stereocenters. The van der Waals surface area contributed by atoms with Crippen molar-refractivity contribution in [2.75, 3.05) is 10.6 Å². The minimum absolute atomic E-state index is 0.0379. The van der Waals surface area contributed by atoms with Gasteiger partial charge in [-0.2, -0.15) is 0 Å². The first-order valence-electron chi connectivity index (χ1n) is 6.14. The molecule has 0 atom stereocenters. The van der Waals surface area contributed by atoms with Crippen LogP contribution in [-0.2, 0) is 0 Å². The van der Waals surface area contributed by atoms with Crippen molar-refractivity contribution in [1.82, 2.24) is 0 Å². The van der Waals surface area contributed by atoms with Crippen LogP contribution < -0.4 is 10.6 Å². The fraction of sp³-hybridized carbons (Fsp3) is 0.0667. The van der Waals surface area contributed by atoms with Crippen LogP contribution >= 0.6 is 15.9 Å². The molecule has 108 valence electrons. The molecular formula is C15H13BrN2O3. The fourth-order valence-corrected chi connectivity index (χ4v) is 2.16. The number of nitrogens with one attached hydrogen (secondary N) is 2. The molecule has 0 fully saturated rings. The number of carbonyl (C=O) groups excluding carboxylic acids is 1. The van der Waals surface area contributed by atoms with Crippen LogP contribution in [0.4, 0.5) is 16.2 Å². The van der Waals surface area contributed by atoms with Gasteiger partial charge in [-0.25, -0.2) is 9.59 Å². The first kappa shape index (κ1) is 15.1. The highest BCUT2D eigenvalue weighted by molar-refractivity contribution is 9.10. The molecule has 2 aromatic rings. The van der Waals surface area contributed by atoms with Crippen LogP contribution in [0.15, 0.2) is 46.9 Å². The Bertz CT molecular complexity index is 701. The normalized spacial score (nSPS) is 10.0. The molecule has 0 aliphatic heterocycles. The van der Waals surface area contributed by atoms with Crippen LogP contribution in [0.25, 0.3) is 0 Å². The lowest BCUT2D eigenvalue weighted by Gasteiger charge is -2.11. The maximum absolute atomic E-state index is 12.0. The number of rotatable bonds is 3. The largest absolute Gasteiger partial charge is 0.478 e. The van der Waals surface area contributed by atoms with E-state index in [0.717, 1.165) is 10.0 Å². The third-order valence-electron chi connectivity index (χ3n) is 2.85. The first-order chi connectivity index (χ1) is 9.99. The van der Waals surface area contributed by atoms with Crippen LogP contribution in [0.1, 0.15) is 15.9 Å². The highest BCUT2D eigenvalue weighted by Crippen LogP contribution is 2.26. The molecule has 2 rings (SSSR count). The SMILES string of the molecule is Cc1cccc(NC(=O)Nc2ccccc2C(=O)O)c1Br. The number of anilines is 2. The zero-order chi connectivity index (χ0) is 15.4. The van der Waals surface area contributed by atoms with Gasteiger partial charge in [-0.1, -0.05) is 24.3 Å². The number of aromatic carboxylic acids is 1. The maximum Gasteiger partial charge on any atom is 0.337 e. The number of carboxylic acid groups (broad SMARTS) is 1. The second kappa shape index (κ2) is 6.41. The summed E-state index contributed by atoms with van der Waals surface area (Å²) in [6.07, 6.45) is 0. The Balaban J connectivity index is 2.16. The number of carboxylic acids is 1. The molecule has 0 aromatic heterocycles. The number of aryl methyl sites for hydroxylation is 1. The van der Waals surface area contributed by atoms with Gasteiger partial charge < -0.3 is 15.7 Å². The molecule has 0 radical (unpaired) electrons. The van der Waals surface area contributed by atoms with E-state index in [0.29, 0.717) is 5.69 Å². The minimum atomic E-state index is -1.09. The zero-order valence-corrected chi connectivity index (χ0v) is 12.8. The average molecular weight is 349 g/mol. The van der Waals surface area contributed by atoms with E-state index >= 15 is 0 Å². The van der Waals surface area contributed by atoms with Gasteiger partial charge in [-0.15, -0.1) is 0 Å². The van der Waals surface area contributed by atoms with Gasteiger partial charge in [0.05, 0.1) is 16.9 Å². The molecule has 0 saturated heterocycles. The summed E-state index contributed by atoms with van der Waals surface area (Å²) in [6.45, 7) is 1.91. The summed E-state index contributed by atoms with van der Waals surface area (Å²) in [5.41, 5.74) is 1.88. The Morgan fingerprint density at radius 1 is 1.00 bits per heavy atom. The van der Waals surface area contributed by atoms with E-state index in [4.69, 9.17) is 5.11 Å². The van der Waals surface area contributed by atoms with Crippen LogP contribution in [0.5, 0.6) is 0 Å². The molecule has 0 spiro atoms. The number of benzene rings is 2. The molecule has 21 heavy (non-hydrogen) atoms. The van der Waals surface area contributed by atoms with Crippen molar-refractivity contribution in [3.63, 3.8) is 0 Å². The molecule has 6 heteroatoms. The van der Waals surface area contributed by atoms with Crippen molar-refractivity contribution in [1.29, 1.82) is 0 Å². The molecule has 0 heterocycles. The van der Waals surface area contributed by atoms with Crippen molar-refractivity contribution in [3.05, 3.63) is 58.1 Å².